The van der Waals surface area contributed by atoms with Crippen molar-refractivity contribution in [3.8, 4) is 0 Å². The van der Waals surface area contributed by atoms with Gasteiger partial charge in [0.25, 0.3) is 0 Å². The lowest BCUT2D eigenvalue weighted by Gasteiger charge is -2.43. The van der Waals surface area contributed by atoms with Gasteiger partial charge in [-0.25, -0.2) is 0 Å². The van der Waals surface area contributed by atoms with Gasteiger partial charge in [0.2, 0.25) is 0 Å². The molecule has 1 saturated carbocycles. The van der Waals surface area contributed by atoms with Gasteiger partial charge >= 0.3 is 6.18 Å². The second-order valence-electron chi connectivity index (χ2n) is 10.8. The van der Waals surface area contributed by atoms with Crippen molar-refractivity contribution < 1.29 is 33.2 Å². The highest BCUT2D eigenvalue weighted by Crippen LogP contribution is 2.51. The van der Waals surface area contributed by atoms with Crippen LogP contribution in [0.15, 0.2) is 12.4 Å². The molecule has 200 valence electrons. The predicted molar refractivity (Wildman–Crippen MR) is 127 cm³/mol. The van der Waals surface area contributed by atoms with Gasteiger partial charge in [-0.3, -0.25) is 9.58 Å². The van der Waals surface area contributed by atoms with E-state index < -0.39 is 35.0 Å². The van der Waals surface area contributed by atoms with Crippen LogP contribution >= 0.6 is 11.3 Å². The molecule has 2 unspecified atom stereocenters. The van der Waals surface area contributed by atoms with Crippen molar-refractivity contribution in [2.24, 2.45) is 5.92 Å². The Kier molecular flexibility index (Phi) is 7.01. The van der Waals surface area contributed by atoms with E-state index in [4.69, 9.17) is 4.74 Å². The highest BCUT2D eigenvalue weighted by Gasteiger charge is 2.47. The van der Waals surface area contributed by atoms with E-state index in [2.05, 4.69) is 10.00 Å². The van der Waals surface area contributed by atoms with Crippen molar-refractivity contribution in [3.05, 3.63) is 38.8 Å². The molecular formula is C25H34F3N3O4S. The van der Waals surface area contributed by atoms with Crippen molar-refractivity contribution in [1.29, 1.82) is 0 Å². The van der Waals surface area contributed by atoms with Gasteiger partial charge in [-0.1, -0.05) is 0 Å². The number of hydrogen-bond donors (Lipinski definition) is 3. The lowest BCUT2D eigenvalue weighted by molar-refractivity contribution is -0.135. The Morgan fingerprint density at radius 2 is 2.00 bits per heavy atom. The number of aliphatic hydroxyl groups is 3. The minimum atomic E-state index is -4.48. The van der Waals surface area contributed by atoms with Crippen LogP contribution in [0.25, 0.3) is 0 Å². The second-order valence-corrected chi connectivity index (χ2v) is 11.8. The first-order valence-electron chi connectivity index (χ1n) is 12.6. The summed E-state index contributed by atoms with van der Waals surface area (Å²) >= 11 is 0.739. The van der Waals surface area contributed by atoms with Gasteiger partial charge in [0.1, 0.15) is 10.5 Å². The third-order valence-electron chi connectivity index (χ3n) is 7.94. The molecule has 7 nitrogen and oxygen atoms in total. The molecule has 1 saturated heterocycles. The maximum atomic E-state index is 13.6. The first-order valence-corrected chi connectivity index (χ1v) is 13.4. The third kappa shape index (κ3) is 5.23. The number of aliphatic hydroxyl groups excluding tert-OH is 2. The molecule has 0 bridgehead atoms. The Morgan fingerprint density at radius 3 is 2.64 bits per heavy atom. The van der Waals surface area contributed by atoms with E-state index in [1.807, 2.05) is 6.20 Å². The lowest BCUT2D eigenvalue weighted by Crippen LogP contribution is -2.45. The molecule has 5 rings (SSSR count). The SMILES string of the molecule is CC(O)(CC(O)Cn1cc(CN2CCC3(CC2)OCCc2c3sc(C(F)(F)F)c2CO)cn1)C1CC1. The van der Waals surface area contributed by atoms with Gasteiger partial charge in [-0.2, -0.15) is 18.3 Å². The van der Waals surface area contributed by atoms with E-state index in [-0.39, 0.29) is 11.5 Å². The van der Waals surface area contributed by atoms with Crippen molar-refractivity contribution in [2.75, 3.05) is 19.7 Å². The fraction of sp³-hybridized carbons (Fsp3) is 0.720. The van der Waals surface area contributed by atoms with Gasteiger partial charge in [-0.05, 0) is 50.5 Å². The molecule has 2 aliphatic heterocycles. The summed E-state index contributed by atoms with van der Waals surface area (Å²) in [6.07, 6.45) is 2.41. The predicted octanol–water partition coefficient (Wildman–Crippen LogP) is 3.43. The largest absolute Gasteiger partial charge is 0.425 e. The first kappa shape index (κ1) is 26.1. The van der Waals surface area contributed by atoms with Crippen LogP contribution in [-0.4, -0.2) is 61.4 Å². The van der Waals surface area contributed by atoms with Gasteiger partial charge in [0, 0.05) is 48.3 Å². The Morgan fingerprint density at radius 1 is 1.28 bits per heavy atom. The molecule has 3 aliphatic rings. The number of halogens is 3. The molecule has 36 heavy (non-hydrogen) atoms. The van der Waals surface area contributed by atoms with Gasteiger partial charge in [0.15, 0.2) is 0 Å². The van der Waals surface area contributed by atoms with Crippen LogP contribution in [0.2, 0.25) is 0 Å². The molecule has 0 amide bonds. The maximum absolute atomic E-state index is 13.6. The fourth-order valence-corrected chi connectivity index (χ4v) is 7.29. The summed E-state index contributed by atoms with van der Waals surface area (Å²) in [4.78, 5) is 2.17. The molecular weight excluding hydrogens is 495 g/mol. The van der Waals surface area contributed by atoms with Gasteiger partial charge in [0.05, 0.1) is 37.7 Å². The molecule has 2 atom stereocenters. The molecule has 1 aliphatic carbocycles. The van der Waals surface area contributed by atoms with Crippen LogP contribution < -0.4 is 0 Å². The molecule has 11 heteroatoms. The molecule has 4 heterocycles. The molecule has 1 spiro atoms. The van der Waals surface area contributed by atoms with E-state index >= 15 is 0 Å². The van der Waals surface area contributed by atoms with Crippen molar-refractivity contribution in [3.63, 3.8) is 0 Å². The number of ether oxygens (including phenoxy) is 1. The number of thiophene rings is 1. The zero-order valence-corrected chi connectivity index (χ0v) is 21.2. The summed E-state index contributed by atoms with van der Waals surface area (Å²) in [5.74, 6) is 0.274. The highest BCUT2D eigenvalue weighted by atomic mass is 32.1. The highest BCUT2D eigenvalue weighted by molar-refractivity contribution is 7.12. The number of rotatable bonds is 8. The number of alkyl halides is 3. The standard InChI is InChI=1S/C25H34F3N3O4S/c1-23(34,17-2-3-17)10-18(33)14-31-13-16(11-29-31)12-30-7-5-24(6-8-30)21-19(4-9-35-24)20(15-32)22(36-21)25(26,27)28/h11,13,17-18,32-34H,2-10,12,14-15H2,1H3. The topological polar surface area (TPSA) is 91.0 Å². The summed E-state index contributed by atoms with van der Waals surface area (Å²) in [5.41, 5.74) is 0.0579. The first-order chi connectivity index (χ1) is 17.0. The summed E-state index contributed by atoms with van der Waals surface area (Å²) in [6.45, 7) is 3.84. The molecule has 2 aromatic rings. The number of likely N-dealkylation sites (tertiary alicyclic amines) is 1. The fourth-order valence-electron chi connectivity index (χ4n) is 5.86. The quantitative estimate of drug-likeness (QED) is 0.486. The summed E-state index contributed by atoms with van der Waals surface area (Å²) in [6, 6.07) is 0. The number of aromatic nitrogens is 2. The number of hydrogen-bond acceptors (Lipinski definition) is 7. The minimum Gasteiger partial charge on any atom is -0.392 e. The normalized spacial score (nSPS) is 23.0. The van der Waals surface area contributed by atoms with Crippen molar-refractivity contribution in [2.45, 2.75) is 88.6 Å². The molecule has 0 aromatic carbocycles. The van der Waals surface area contributed by atoms with Crippen LogP contribution in [0.5, 0.6) is 0 Å². The molecule has 2 aromatic heterocycles. The maximum Gasteiger partial charge on any atom is 0.425 e. The summed E-state index contributed by atoms with van der Waals surface area (Å²) < 4.78 is 48.6. The summed E-state index contributed by atoms with van der Waals surface area (Å²) in [5, 5.41) is 35.0. The van der Waals surface area contributed by atoms with Crippen molar-refractivity contribution >= 4 is 11.3 Å². The number of piperidine rings is 1. The summed E-state index contributed by atoms with van der Waals surface area (Å²) in [7, 11) is 0. The van der Waals surface area contributed by atoms with Crippen LogP contribution in [-0.2, 0) is 42.6 Å². The van der Waals surface area contributed by atoms with E-state index in [1.165, 1.54) is 0 Å². The molecule has 2 fully saturated rings. The second kappa shape index (κ2) is 9.67. The van der Waals surface area contributed by atoms with Gasteiger partial charge in [-0.15, -0.1) is 11.3 Å². The van der Waals surface area contributed by atoms with Gasteiger partial charge < -0.3 is 20.1 Å². The Bertz CT molecular complexity index is 1070. The number of nitrogens with zero attached hydrogens (tertiary/aromatic N) is 3. The van der Waals surface area contributed by atoms with Crippen LogP contribution in [0, 0.1) is 5.92 Å². The van der Waals surface area contributed by atoms with E-state index in [1.54, 1.807) is 17.8 Å². The lowest BCUT2D eigenvalue weighted by atomic mass is 9.84. The zero-order chi connectivity index (χ0) is 25.7. The minimum absolute atomic E-state index is 0.0147. The Hall–Kier alpha value is -1.50. The monoisotopic (exact) mass is 529 g/mol. The van der Waals surface area contributed by atoms with E-state index in [9.17, 15) is 28.5 Å². The van der Waals surface area contributed by atoms with Crippen LogP contribution in [0.3, 0.4) is 0 Å². The van der Waals surface area contributed by atoms with E-state index in [0.717, 1.165) is 29.7 Å². The third-order valence-corrected chi connectivity index (χ3v) is 9.44. The smallest absolute Gasteiger partial charge is 0.392 e. The Labute approximate surface area is 212 Å². The number of fused-ring (bicyclic) bond motifs is 2. The molecule has 3 N–H and O–H groups in total. The Balaban J connectivity index is 1.20. The zero-order valence-electron chi connectivity index (χ0n) is 20.4. The average molecular weight is 530 g/mol. The van der Waals surface area contributed by atoms with Crippen LogP contribution in [0.1, 0.15) is 65.5 Å². The molecule has 0 radical (unpaired) electrons. The van der Waals surface area contributed by atoms with E-state index in [0.29, 0.717) is 68.9 Å². The van der Waals surface area contributed by atoms with Crippen LogP contribution in [0.4, 0.5) is 13.2 Å². The average Bonchev–Trinajstić information content (AvgIpc) is 3.47. The van der Waals surface area contributed by atoms with Crippen molar-refractivity contribution in [1.82, 2.24) is 14.7 Å².